The molecule has 2 saturated carbocycles. The van der Waals surface area contributed by atoms with Gasteiger partial charge in [0, 0.05) is 18.6 Å². The minimum absolute atomic E-state index is 0.195. The van der Waals surface area contributed by atoms with Crippen molar-refractivity contribution >= 4 is 6.03 Å². The Balaban J connectivity index is 1.12. The Kier molecular flexibility index (Phi) is 7.45. The number of hydrogen-bond acceptors (Lipinski definition) is 3. The second-order valence-electron chi connectivity index (χ2n) is 11.2. The van der Waals surface area contributed by atoms with Crippen LogP contribution in [0, 0.1) is 11.8 Å². The summed E-state index contributed by atoms with van der Waals surface area (Å²) in [4.78, 5) is 15.7. The van der Waals surface area contributed by atoms with Crippen LogP contribution in [0.4, 0.5) is 4.79 Å². The van der Waals surface area contributed by atoms with Crippen LogP contribution in [0.5, 0.6) is 0 Å². The first-order valence-corrected chi connectivity index (χ1v) is 13.7. The molecule has 3 atom stereocenters. The van der Waals surface area contributed by atoms with E-state index in [0.29, 0.717) is 0 Å². The van der Waals surface area contributed by atoms with Gasteiger partial charge in [0.2, 0.25) is 0 Å². The van der Waals surface area contributed by atoms with Crippen molar-refractivity contribution in [3.8, 4) is 0 Å². The summed E-state index contributed by atoms with van der Waals surface area (Å²) in [6, 6.07) is 19.6. The lowest BCUT2D eigenvalue weighted by molar-refractivity contribution is 0.0470. The van der Waals surface area contributed by atoms with Crippen LogP contribution in [-0.4, -0.2) is 47.3 Å². The number of carbonyl (C=O) groups excluding carboxylic acids is 1. The number of urea groups is 1. The molecule has 188 valence electrons. The van der Waals surface area contributed by atoms with E-state index < -0.39 is 11.6 Å². The topological polar surface area (TPSA) is 64.6 Å². The van der Waals surface area contributed by atoms with E-state index in [2.05, 4.69) is 15.5 Å². The number of piperidine rings is 1. The van der Waals surface area contributed by atoms with Gasteiger partial charge in [-0.25, -0.2) is 4.79 Å². The highest BCUT2D eigenvalue weighted by molar-refractivity contribution is 5.75. The van der Waals surface area contributed by atoms with Crippen LogP contribution in [0.3, 0.4) is 0 Å². The largest absolute Gasteiger partial charge is 0.378 e. The van der Waals surface area contributed by atoms with Crippen molar-refractivity contribution in [3.05, 3.63) is 71.8 Å². The fourth-order valence-corrected chi connectivity index (χ4v) is 6.82. The van der Waals surface area contributed by atoms with Crippen molar-refractivity contribution in [2.24, 2.45) is 11.8 Å². The average Bonchev–Trinajstić information content (AvgIpc) is 3.52. The van der Waals surface area contributed by atoms with Crippen molar-refractivity contribution in [2.45, 2.75) is 82.0 Å². The molecule has 3 N–H and O–H groups in total. The first-order chi connectivity index (χ1) is 17.0. The molecular weight excluding hydrogens is 434 g/mol. The number of benzene rings is 2. The van der Waals surface area contributed by atoms with Gasteiger partial charge in [-0.1, -0.05) is 60.7 Å². The molecule has 5 heteroatoms. The van der Waals surface area contributed by atoms with Crippen LogP contribution in [0.2, 0.25) is 0 Å². The molecule has 35 heavy (non-hydrogen) atoms. The Morgan fingerprint density at radius 3 is 2.14 bits per heavy atom. The van der Waals surface area contributed by atoms with Crippen molar-refractivity contribution in [1.29, 1.82) is 0 Å². The molecule has 5 rings (SSSR count). The minimum Gasteiger partial charge on any atom is -0.378 e. The normalized spacial score (nSPS) is 27.5. The molecule has 0 radical (unpaired) electrons. The number of rotatable bonds is 8. The lowest BCUT2D eigenvalue weighted by Gasteiger charge is -2.36. The number of nitrogens with zero attached hydrogens (tertiary/aromatic N) is 1. The third-order valence-electron chi connectivity index (χ3n) is 8.93. The molecule has 2 aromatic rings. The van der Waals surface area contributed by atoms with E-state index >= 15 is 0 Å². The Morgan fingerprint density at radius 1 is 0.971 bits per heavy atom. The predicted octanol–water partition coefficient (Wildman–Crippen LogP) is 5.04. The van der Waals surface area contributed by atoms with E-state index in [-0.39, 0.29) is 12.1 Å². The molecule has 5 nitrogen and oxygen atoms in total. The van der Waals surface area contributed by atoms with Crippen LogP contribution in [0.25, 0.3) is 0 Å². The first-order valence-electron chi connectivity index (χ1n) is 13.7. The fourth-order valence-electron chi connectivity index (χ4n) is 6.82. The van der Waals surface area contributed by atoms with Crippen molar-refractivity contribution in [3.63, 3.8) is 0 Å². The number of amides is 2. The molecule has 1 aliphatic heterocycles. The Bertz CT molecular complexity index is 919. The molecule has 1 heterocycles. The summed E-state index contributed by atoms with van der Waals surface area (Å²) in [7, 11) is 0. The van der Waals surface area contributed by atoms with Crippen LogP contribution in [0.1, 0.15) is 69.4 Å². The highest BCUT2D eigenvalue weighted by Gasteiger charge is 2.39. The maximum atomic E-state index is 12.9. The van der Waals surface area contributed by atoms with E-state index in [1.54, 1.807) is 0 Å². The number of likely N-dealkylation sites (tertiary alicyclic amines) is 1. The van der Waals surface area contributed by atoms with Gasteiger partial charge in [0.25, 0.3) is 0 Å². The Morgan fingerprint density at radius 2 is 1.60 bits per heavy atom. The smallest absolute Gasteiger partial charge is 0.315 e. The highest BCUT2D eigenvalue weighted by atomic mass is 16.3. The second-order valence-corrected chi connectivity index (χ2v) is 11.2. The molecule has 2 bridgehead atoms. The molecule has 1 saturated heterocycles. The lowest BCUT2D eigenvalue weighted by atomic mass is 9.81. The molecule has 2 aliphatic carbocycles. The van der Waals surface area contributed by atoms with E-state index in [4.69, 9.17) is 0 Å². The van der Waals surface area contributed by atoms with Gasteiger partial charge in [-0.3, -0.25) is 0 Å². The zero-order valence-corrected chi connectivity index (χ0v) is 21.0. The summed E-state index contributed by atoms with van der Waals surface area (Å²) in [5, 5.41) is 18.1. The van der Waals surface area contributed by atoms with Gasteiger partial charge in [0.1, 0.15) is 5.60 Å². The molecule has 0 spiro atoms. The maximum absolute atomic E-state index is 12.9. The summed E-state index contributed by atoms with van der Waals surface area (Å²) in [6.45, 7) is 4.47. The van der Waals surface area contributed by atoms with Gasteiger partial charge in [-0.2, -0.15) is 0 Å². The van der Waals surface area contributed by atoms with Crippen LogP contribution >= 0.6 is 0 Å². The van der Waals surface area contributed by atoms with Gasteiger partial charge in [-0.05, 0) is 87.8 Å². The van der Waals surface area contributed by atoms with Gasteiger partial charge >= 0.3 is 6.03 Å². The predicted molar refractivity (Wildman–Crippen MR) is 140 cm³/mol. The average molecular weight is 476 g/mol. The molecular formula is C30H41N3O2. The third kappa shape index (κ3) is 5.41. The molecule has 0 aromatic heterocycles. The van der Waals surface area contributed by atoms with Crippen molar-refractivity contribution < 1.29 is 9.90 Å². The monoisotopic (exact) mass is 475 g/mol. The second kappa shape index (κ2) is 10.7. The van der Waals surface area contributed by atoms with Crippen LogP contribution in [0.15, 0.2) is 60.7 Å². The number of carbonyl (C=O) groups is 1. The summed E-state index contributed by atoms with van der Waals surface area (Å²) in [5.41, 5.74) is 0.225. The van der Waals surface area contributed by atoms with E-state index in [1.165, 1.54) is 51.6 Å². The van der Waals surface area contributed by atoms with Gasteiger partial charge in [0.05, 0.1) is 6.04 Å². The van der Waals surface area contributed by atoms with E-state index in [9.17, 15) is 9.90 Å². The zero-order chi connectivity index (χ0) is 24.3. The summed E-state index contributed by atoms with van der Waals surface area (Å²) < 4.78 is 0. The van der Waals surface area contributed by atoms with Crippen molar-refractivity contribution in [1.82, 2.24) is 15.5 Å². The van der Waals surface area contributed by atoms with Gasteiger partial charge < -0.3 is 20.6 Å². The van der Waals surface area contributed by atoms with Gasteiger partial charge in [-0.15, -0.1) is 0 Å². The fraction of sp³-hybridized carbons (Fsp3) is 0.567. The zero-order valence-electron chi connectivity index (χ0n) is 21.0. The van der Waals surface area contributed by atoms with E-state index in [0.717, 1.165) is 41.8 Å². The third-order valence-corrected chi connectivity index (χ3v) is 8.93. The molecule has 3 aliphatic rings. The first kappa shape index (κ1) is 24.3. The molecule has 2 aromatic carbocycles. The standard InChI is InChI=1S/C30H41N3O2/c1-22(30(35,25-8-4-2-5-9-25)26-10-6-3-7-11-26)31-29(34)32-27-15-12-23(13-16-27)18-19-33-21-24-14-17-28(33)20-24/h2-11,22-24,27-28,35H,12-21H2,1H3,(H2,31,32,34)/t22-,23?,24+,27?,28-/m0/s1. The SMILES string of the molecule is C[C@H](NC(=O)NC1CCC(CCN2C[C@@H]3CC[C@H]2C3)CC1)C(O)(c1ccccc1)c1ccccc1. The number of aliphatic hydroxyl groups is 1. The summed E-state index contributed by atoms with van der Waals surface area (Å²) in [5.74, 6) is 1.76. The molecule has 0 unspecified atom stereocenters. The highest BCUT2D eigenvalue weighted by Crippen LogP contribution is 2.38. The Hall–Kier alpha value is -2.37. The van der Waals surface area contributed by atoms with Crippen molar-refractivity contribution in [2.75, 3.05) is 13.1 Å². The summed E-state index contributed by atoms with van der Waals surface area (Å²) in [6.07, 6.45) is 10.1. The molecule has 3 fully saturated rings. The van der Waals surface area contributed by atoms with Crippen LogP contribution in [-0.2, 0) is 5.60 Å². The van der Waals surface area contributed by atoms with Crippen LogP contribution < -0.4 is 10.6 Å². The summed E-state index contributed by atoms with van der Waals surface area (Å²) >= 11 is 0. The maximum Gasteiger partial charge on any atom is 0.315 e. The lowest BCUT2D eigenvalue weighted by Crippen LogP contribution is -2.54. The van der Waals surface area contributed by atoms with Gasteiger partial charge in [0.15, 0.2) is 0 Å². The number of fused-ring (bicyclic) bond motifs is 2. The number of hydrogen-bond donors (Lipinski definition) is 3. The molecule has 2 amide bonds. The number of nitrogens with one attached hydrogen (secondary N) is 2. The quantitative estimate of drug-likeness (QED) is 0.501. The minimum atomic E-state index is -1.31. The van der Waals surface area contributed by atoms with E-state index in [1.807, 2.05) is 67.6 Å². The Labute approximate surface area is 210 Å².